The van der Waals surface area contributed by atoms with Crippen LogP contribution in [0.25, 0.3) is 0 Å². The number of hydrogen-bond donors (Lipinski definition) is 2. The van der Waals surface area contributed by atoms with E-state index < -0.39 is 5.60 Å². The molecule has 1 aliphatic heterocycles. The minimum atomic E-state index is -0.843. The monoisotopic (exact) mass is 372 g/mol. The lowest BCUT2D eigenvalue weighted by molar-refractivity contribution is -0.0135. The van der Waals surface area contributed by atoms with Crippen molar-refractivity contribution in [3.63, 3.8) is 0 Å². The molecule has 1 saturated heterocycles. The Bertz CT molecular complexity index is 739. The number of carbonyl (C=O) groups is 1. The molecule has 3 rings (SSSR count). The standard InChI is InChI=1S/C20H28N4O3/c1-23-10-8-20(26,9-11-23)15-21-19(25)18-12-17(27-22-18)14-24(2)13-16-6-4-3-5-7-16/h3-7,12,26H,8-11,13-15H2,1-2H3,(H,21,25). The summed E-state index contributed by atoms with van der Waals surface area (Å²) in [5.74, 6) is 0.319. The van der Waals surface area contributed by atoms with Gasteiger partial charge in [0.05, 0.1) is 12.1 Å². The first-order valence-corrected chi connectivity index (χ1v) is 9.31. The number of amides is 1. The molecule has 1 aromatic carbocycles. The van der Waals surface area contributed by atoms with Crippen LogP contribution in [0.3, 0.4) is 0 Å². The summed E-state index contributed by atoms with van der Waals surface area (Å²) in [7, 11) is 4.02. The summed E-state index contributed by atoms with van der Waals surface area (Å²) < 4.78 is 5.30. The molecule has 1 aromatic heterocycles. The molecule has 0 radical (unpaired) electrons. The van der Waals surface area contributed by atoms with Crippen LogP contribution >= 0.6 is 0 Å². The Kier molecular flexibility index (Phi) is 6.26. The molecule has 2 N–H and O–H groups in total. The Balaban J connectivity index is 1.48. The lowest BCUT2D eigenvalue weighted by Gasteiger charge is -2.36. The van der Waals surface area contributed by atoms with Crippen LogP contribution in [0.4, 0.5) is 0 Å². The Morgan fingerprint density at radius 2 is 2.00 bits per heavy atom. The largest absolute Gasteiger partial charge is 0.388 e. The summed E-state index contributed by atoms with van der Waals surface area (Å²) in [6.07, 6.45) is 1.30. The fourth-order valence-electron chi connectivity index (χ4n) is 3.26. The number of likely N-dealkylation sites (tertiary alicyclic amines) is 1. The van der Waals surface area contributed by atoms with Crippen LogP contribution in [-0.2, 0) is 13.1 Å². The van der Waals surface area contributed by atoms with Crippen molar-refractivity contribution < 1.29 is 14.4 Å². The van der Waals surface area contributed by atoms with Crippen LogP contribution < -0.4 is 5.32 Å². The predicted molar refractivity (Wildman–Crippen MR) is 102 cm³/mol. The van der Waals surface area contributed by atoms with E-state index in [1.165, 1.54) is 5.56 Å². The highest BCUT2D eigenvalue weighted by atomic mass is 16.5. The summed E-state index contributed by atoms with van der Waals surface area (Å²) in [6.45, 7) is 3.23. The van der Waals surface area contributed by atoms with Crippen molar-refractivity contribution in [1.29, 1.82) is 0 Å². The summed E-state index contributed by atoms with van der Waals surface area (Å²) in [5.41, 5.74) is 0.614. The quantitative estimate of drug-likeness (QED) is 0.766. The van der Waals surface area contributed by atoms with Crippen molar-refractivity contribution in [2.24, 2.45) is 0 Å². The molecule has 0 atom stereocenters. The van der Waals surface area contributed by atoms with Gasteiger partial charge in [0, 0.05) is 32.2 Å². The molecule has 1 aliphatic rings. The number of hydrogen-bond acceptors (Lipinski definition) is 6. The Hall–Kier alpha value is -2.22. The number of aliphatic hydroxyl groups is 1. The van der Waals surface area contributed by atoms with Crippen molar-refractivity contribution in [2.45, 2.75) is 31.5 Å². The highest BCUT2D eigenvalue weighted by Gasteiger charge is 2.31. The fraction of sp³-hybridized carbons (Fsp3) is 0.500. The minimum absolute atomic E-state index is 0.232. The van der Waals surface area contributed by atoms with Crippen LogP contribution in [0.2, 0.25) is 0 Å². The van der Waals surface area contributed by atoms with Crippen LogP contribution in [0.15, 0.2) is 40.9 Å². The van der Waals surface area contributed by atoms with E-state index in [9.17, 15) is 9.90 Å². The van der Waals surface area contributed by atoms with Gasteiger partial charge in [0.2, 0.25) is 0 Å². The van der Waals surface area contributed by atoms with E-state index in [2.05, 4.69) is 32.4 Å². The van der Waals surface area contributed by atoms with E-state index in [-0.39, 0.29) is 18.1 Å². The number of nitrogens with one attached hydrogen (secondary N) is 1. The maximum atomic E-state index is 12.3. The Labute approximate surface area is 159 Å². The second-order valence-corrected chi connectivity index (χ2v) is 7.55. The summed E-state index contributed by atoms with van der Waals surface area (Å²) >= 11 is 0. The third kappa shape index (κ3) is 5.63. The highest BCUT2D eigenvalue weighted by Crippen LogP contribution is 2.20. The number of benzene rings is 1. The number of nitrogens with zero attached hydrogens (tertiary/aromatic N) is 3. The van der Waals surface area contributed by atoms with E-state index >= 15 is 0 Å². The van der Waals surface area contributed by atoms with Gasteiger partial charge in [-0.2, -0.15) is 0 Å². The van der Waals surface area contributed by atoms with Crippen molar-refractivity contribution in [1.82, 2.24) is 20.3 Å². The number of carbonyl (C=O) groups excluding carboxylic acids is 1. The molecular formula is C20H28N4O3. The van der Waals surface area contributed by atoms with E-state index in [1.807, 2.05) is 32.3 Å². The van der Waals surface area contributed by atoms with Crippen molar-refractivity contribution in [3.8, 4) is 0 Å². The summed E-state index contributed by atoms with van der Waals surface area (Å²) in [5, 5.41) is 17.2. The molecule has 0 saturated carbocycles. The average molecular weight is 372 g/mol. The molecule has 0 bridgehead atoms. The molecule has 0 unspecified atom stereocenters. The van der Waals surface area contributed by atoms with Gasteiger partial charge < -0.3 is 19.8 Å². The van der Waals surface area contributed by atoms with Gasteiger partial charge >= 0.3 is 0 Å². The van der Waals surface area contributed by atoms with Gasteiger partial charge in [-0.05, 0) is 32.5 Å². The van der Waals surface area contributed by atoms with E-state index in [0.29, 0.717) is 25.1 Å². The fourth-order valence-corrected chi connectivity index (χ4v) is 3.26. The molecule has 27 heavy (non-hydrogen) atoms. The zero-order valence-corrected chi connectivity index (χ0v) is 16.0. The SMILES string of the molecule is CN1CCC(O)(CNC(=O)c2cc(CN(C)Cc3ccccc3)on2)CC1. The third-order valence-electron chi connectivity index (χ3n) is 5.01. The van der Waals surface area contributed by atoms with Crippen molar-refractivity contribution >= 4 is 5.91 Å². The van der Waals surface area contributed by atoms with Gasteiger partial charge in [-0.25, -0.2) is 0 Å². The molecule has 0 aliphatic carbocycles. The van der Waals surface area contributed by atoms with Gasteiger partial charge in [0.1, 0.15) is 0 Å². The van der Waals surface area contributed by atoms with Gasteiger partial charge in [-0.3, -0.25) is 9.69 Å². The minimum Gasteiger partial charge on any atom is -0.388 e. The number of aromatic nitrogens is 1. The first kappa shape index (κ1) is 19.5. The van der Waals surface area contributed by atoms with E-state index in [0.717, 1.165) is 19.6 Å². The zero-order valence-electron chi connectivity index (χ0n) is 16.0. The zero-order chi connectivity index (χ0) is 19.3. The normalized spacial score (nSPS) is 17.2. The topological polar surface area (TPSA) is 81.8 Å². The second kappa shape index (κ2) is 8.65. The Morgan fingerprint density at radius 1 is 1.30 bits per heavy atom. The molecule has 146 valence electrons. The van der Waals surface area contributed by atoms with Gasteiger partial charge in [0.25, 0.3) is 5.91 Å². The molecule has 1 fully saturated rings. The first-order chi connectivity index (χ1) is 12.9. The van der Waals surface area contributed by atoms with Gasteiger partial charge in [0.15, 0.2) is 11.5 Å². The molecule has 2 aromatic rings. The van der Waals surface area contributed by atoms with Crippen molar-refractivity contribution in [3.05, 3.63) is 53.4 Å². The van der Waals surface area contributed by atoms with Gasteiger partial charge in [-0.15, -0.1) is 0 Å². The van der Waals surface area contributed by atoms with Crippen LogP contribution in [0, 0.1) is 0 Å². The van der Waals surface area contributed by atoms with Crippen LogP contribution in [0.1, 0.15) is 34.7 Å². The molecule has 7 heteroatoms. The molecule has 2 heterocycles. The first-order valence-electron chi connectivity index (χ1n) is 9.31. The third-order valence-corrected chi connectivity index (χ3v) is 5.01. The van der Waals surface area contributed by atoms with Crippen LogP contribution in [0.5, 0.6) is 0 Å². The highest BCUT2D eigenvalue weighted by molar-refractivity contribution is 5.92. The average Bonchev–Trinajstić information content (AvgIpc) is 3.12. The maximum Gasteiger partial charge on any atom is 0.273 e. The van der Waals surface area contributed by atoms with Crippen molar-refractivity contribution in [2.75, 3.05) is 33.7 Å². The second-order valence-electron chi connectivity index (χ2n) is 7.55. The van der Waals surface area contributed by atoms with Gasteiger partial charge in [-0.1, -0.05) is 35.5 Å². The molecule has 1 amide bonds. The van der Waals surface area contributed by atoms with Crippen LogP contribution in [-0.4, -0.2) is 65.3 Å². The predicted octanol–water partition coefficient (Wildman–Crippen LogP) is 1.49. The van der Waals surface area contributed by atoms with E-state index in [1.54, 1.807) is 6.07 Å². The lowest BCUT2D eigenvalue weighted by Crippen LogP contribution is -2.50. The summed E-state index contributed by atoms with van der Waals surface area (Å²) in [4.78, 5) is 16.6. The maximum absolute atomic E-state index is 12.3. The Morgan fingerprint density at radius 3 is 2.70 bits per heavy atom. The smallest absolute Gasteiger partial charge is 0.273 e. The molecule has 7 nitrogen and oxygen atoms in total. The summed E-state index contributed by atoms with van der Waals surface area (Å²) in [6, 6.07) is 11.8. The number of piperidine rings is 1. The molecular weight excluding hydrogens is 344 g/mol. The number of rotatable bonds is 7. The molecule has 0 spiro atoms. The lowest BCUT2D eigenvalue weighted by atomic mass is 9.91. The van der Waals surface area contributed by atoms with E-state index in [4.69, 9.17) is 4.52 Å².